The first kappa shape index (κ1) is 15.9. The lowest BCUT2D eigenvalue weighted by atomic mass is 10.1. The summed E-state index contributed by atoms with van der Waals surface area (Å²) < 4.78 is 13.9. The summed E-state index contributed by atoms with van der Waals surface area (Å²) in [4.78, 5) is 0. The van der Waals surface area contributed by atoms with Crippen LogP contribution in [0.4, 0.5) is 4.39 Å². The minimum atomic E-state index is -0.165. The summed E-state index contributed by atoms with van der Waals surface area (Å²) in [6, 6.07) is 13.2. The van der Waals surface area contributed by atoms with Gasteiger partial charge in [-0.1, -0.05) is 49.3 Å². The Balaban J connectivity index is 2.12. The Labute approximate surface area is 132 Å². The number of hydrogen-bond acceptors (Lipinski definition) is 0. The van der Waals surface area contributed by atoms with Gasteiger partial charge in [0.05, 0.1) is 0 Å². The van der Waals surface area contributed by atoms with Crippen LogP contribution >= 0.6 is 0 Å². The Morgan fingerprint density at radius 3 is 2.27 bits per heavy atom. The average molecular weight is 290 g/mol. The SMILES string of the molecule is CC#CCc1ccc(C#Cc2ccc(CCC)c(F)c2)cc1. The van der Waals surface area contributed by atoms with Crippen LogP contribution in [-0.2, 0) is 12.8 Å². The van der Waals surface area contributed by atoms with Gasteiger partial charge >= 0.3 is 0 Å². The summed E-state index contributed by atoms with van der Waals surface area (Å²) in [6.07, 6.45) is 2.46. The van der Waals surface area contributed by atoms with Gasteiger partial charge in [-0.3, -0.25) is 0 Å². The number of aryl methyl sites for hydroxylation is 1. The van der Waals surface area contributed by atoms with Gasteiger partial charge in [-0.15, -0.1) is 5.92 Å². The molecule has 0 unspecified atom stereocenters. The van der Waals surface area contributed by atoms with E-state index in [1.807, 2.05) is 50.2 Å². The molecule has 0 bridgehead atoms. The summed E-state index contributed by atoms with van der Waals surface area (Å²) in [5, 5.41) is 0. The highest BCUT2D eigenvalue weighted by molar-refractivity contribution is 5.44. The second-order valence-electron chi connectivity index (χ2n) is 5.11. The zero-order valence-electron chi connectivity index (χ0n) is 13.0. The van der Waals surface area contributed by atoms with Gasteiger partial charge < -0.3 is 0 Å². The zero-order chi connectivity index (χ0) is 15.8. The summed E-state index contributed by atoms with van der Waals surface area (Å²) in [6.45, 7) is 3.88. The van der Waals surface area contributed by atoms with Crippen molar-refractivity contribution in [1.29, 1.82) is 0 Å². The van der Waals surface area contributed by atoms with Crippen LogP contribution in [0.3, 0.4) is 0 Å². The molecule has 2 aromatic carbocycles. The Bertz CT molecular complexity index is 746. The molecule has 0 aliphatic carbocycles. The van der Waals surface area contributed by atoms with Crippen molar-refractivity contribution in [2.75, 3.05) is 0 Å². The third-order valence-corrected chi connectivity index (χ3v) is 3.35. The van der Waals surface area contributed by atoms with Gasteiger partial charge in [-0.2, -0.15) is 0 Å². The minimum absolute atomic E-state index is 0.165. The van der Waals surface area contributed by atoms with E-state index in [1.165, 1.54) is 11.6 Å². The van der Waals surface area contributed by atoms with Gasteiger partial charge in [-0.05, 0) is 48.7 Å². The van der Waals surface area contributed by atoms with Crippen LogP contribution < -0.4 is 0 Å². The first-order valence-corrected chi connectivity index (χ1v) is 7.52. The van der Waals surface area contributed by atoms with Gasteiger partial charge in [0, 0.05) is 17.5 Å². The van der Waals surface area contributed by atoms with E-state index in [0.29, 0.717) is 5.56 Å². The minimum Gasteiger partial charge on any atom is -0.207 e. The molecule has 0 amide bonds. The monoisotopic (exact) mass is 290 g/mol. The smallest absolute Gasteiger partial charge is 0.127 e. The van der Waals surface area contributed by atoms with Crippen molar-refractivity contribution in [2.24, 2.45) is 0 Å². The van der Waals surface area contributed by atoms with Crippen LogP contribution in [0.1, 0.15) is 42.5 Å². The molecule has 0 heterocycles. The van der Waals surface area contributed by atoms with Crippen LogP contribution in [0.15, 0.2) is 42.5 Å². The van der Waals surface area contributed by atoms with E-state index in [2.05, 4.69) is 23.7 Å². The Kier molecular flexibility index (Phi) is 5.81. The molecule has 0 aliphatic heterocycles. The fraction of sp³-hybridized carbons (Fsp3) is 0.238. The fourth-order valence-corrected chi connectivity index (χ4v) is 2.14. The second kappa shape index (κ2) is 8.06. The molecule has 0 radical (unpaired) electrons. The fourth-order valence-electron chi connectivity index (χ4n) is 2.14. The number of hydrogen-bond donors (Lipinski definition) is 0. The summed E-state index contributed by atoms with van der Waals surface area (Å²) >= 11 is 0. The van der Waals surface area contributed by atoms with Crippen LogP contribution in [0, 0.1) is 29.5 Å². The van der Waals surface area contributed by atoms with Gasteiger partial charge in [0.15, 0.2) is 0 Å². The zero-order valence-corrected chi connectivity index (χ0v) is 13.0. The Morgan fingerprint density at radius 2 is 1.64 bits per heavy atom. The Hall–Kier alpha value is -2.51. The molecule has 0 aliphatic rings. The molecule has 110 valence electrons. The van der Waals surface area contributed by atoms with Crippen molar-refractivity contribution in [3.05, 3.63) is 70.5 Å². The number of benzene rings is 2. The summed E-state index contributed by atoms with van der Waals surface area (Å²) in [5.41, 5.74) is 3.56. The molecule has 0 nitrogen and oxygen atoms in total. The van der Waals surface area contributed by atoms with E-state index in [-0.39, 0.29) is 5.82 Å². The molecule has 0 saturated carbocycles. The van der Waals surface area contributed by atoms with E-state index >= 15 is 0 Å². The highest BCUT2D eigenvalue weighted by atomic mass is 19.1. The van der Waals surface area contributed by atoms with E-state index in [0.717, 1.165) is 30.4 Å². The number of rotatable bonds is 3. The quantitative estimate of drug-likeness (QED) is 0.716. The molecule has 0 saturated heterocycles. The standard InChI is InChI=1S/C21H19F/c1-3-5-7-17-8-10-18(11-9-17)12-13-19-14-15-20(6-4-2)21(22)16-19/h8-11,14-16H,4,6-7H2,1-2H3. The lowest BCUT2D eigenvalue weighted by molar-refractivity contribution is 0.607. The molecule has 0 fully saturated rings. The van der Waals surface area contributed by atoms with Gasteiger partial charge in [-0.25, -0.2) is 4.39 Å². The predicted molar refractivity (Wildman–Crippen MR) is 90.0 cm³/mol. The largest absolute Gasteiger partial charge is 0.207 e. The van der Waals surface area contributed by atoms with Gasteiger partial charge in [0.2, 0.25) is 0 Å². The van der Waals surface area contributed by atoms with E-state index in [4.69, 9.17) is 0 Å². The van der Waals surface area contributed by atoms with E-state index in [9.17, 15) is 4.39 Å². The van der Waals surface area contributed by atoms with Crippen molar-refractivity contribution in [3.8, 4) is 23.7 Å². The van der Waals surface area contributed by atoms with Crippen molar-refractivity contribution in [2.45, 2.75) is 33.1 Å². The molecule has 0 N–H and O–H groups in total. The molecule has 2 aromatic rings. The lowest BCUT2D eigenvalue weighted by Crippen LogP contribution is -1.90. The summed E-state index contributed by atoms with van der Waals surface area (Å²) in [5.74, 6) is 11.8. The van der Waals surface area contributed by atoms with Gasteiger partial charge in [0.25, 0.3) is 0 Å². The molecule has 0 aromatic heterocycles. The highest BCUT2D eigenvalue weighted by Crippen LogP contribution is 2.12. The second-order valence-corrected chi connectivity index (χ2v) is 5.11. The predicted octanol–water partition coefficient (Wildman–Crippen LogP) is 4.74. The Morgan fingerprint density at radius 1 is 0.955 bits per heavy atom. The van der Waals surface area contributed by atoms with Crippen molar-refractivity contribution in [3.63, 3.8) is 0 Å². The summed E-state index contributed by atoms with van der Waals surface area (Å²) in [7, 11) is 0. The van der Waals surface area contributed by atoms with Crippen molar-refractivity contribution >= 4 is 0 Å². The highest BCUT2D eigenvalue weighted by Gasteiger charge is 2.01. The van der Waals surface area contributed by atoms with Crippen LogP contribution in [-0.4, -0.2) is 0 Å². The van der Waals surface area contributed by atoms with Crippen molar-refractivity contribution in [1.82, 2.24) is 0 Å². The average Bonchev–Trinajstić information content (AvgIpc) is 2.54. The van der Waals surface area contributed by atoms with Crippen LogP contribution in [0.5, 0.6) is 0 Å². The van der Waals surface area contributed by atoms with Crippen LogP contribution in [0.25, 0.3) is 0 Å². The molecule has 2 rings (SSSR count). The number of halogens is 1. The first-order valence-electron chi connectivity index (χ1n) is 7.52. The first-order chi connectivity index (χ1) is 10.7. The third-order valence-electron chi connectivity index (χ3n) is 3.35. The van der Waals surface area contributed by atoms with Crippen LogP contribution in [0.2, 0.25) is 0 Å². The maximum absolute atomic E-state index is 13.9. The van der Waals surface area contributed by atoms with Gasteiger partial charge in [0.1, 0.15) is 5.82 Å². The molecule has 22 heavy (non-hydrogen) atoms. The lowest BCUT2D eigenvalue weighted by Gasteiger charge is -2.01. The normalized spacial score (nSPS) is 9.41. The van der Waals surface area contributed by atoms with Crippen molar-refractivity contribution < 1.29 is 4.39 Å². The molecular weight excluding hydrogens is 271 g/mol. The topological polar surface area (TPSA) is 0 Å². The maximum atomic E-state index is 13.9. The molecular formula is C21H19F. The third kappa shape index (κ3) is 4.51. The maximum Gasteiger partial charge on any atom is 0.127 e. The molecule has 0 spiro atoms. The molecule has 1 heteroatoms. The van der Waals surface area contributed by atoms with E-state index in [1.54, 1.807) is 0 Å². The van der Waals surface area contributed by atoms with E-state index < -0.39 is 0 Å². The molecule has 0 atom stereocenters.